The lowest BCUT2D eigenvalue weighted by Crippen LogP contribution is -2.26. The third kappa shape index (κ3) is 4.66. The number of sulfonamides is 1. The maximum absolute atomic E-state index is 13.0. The SMILES string of the molecule is Cc1cccc(NS(=O)(=O)c2cc(C(=O)N(C)Cc3nc4ccccc4s3)ccc2C)c1. The molecule has 3 aromatic carbocycles. The van der Waals surface area contributed by atoms with Crippen molar-refractivity contribution >= 4 is 43.2 Å². The lowest BCUT2D eigenvalue weighted by molar-refractivity contribution is 0.0785. The molecule has 0 bridgehead atoms. The number of aromatic nitrogens is 1. The molecule has 6 nitrogen and oxygen atoms in total. The van der Waals surface area contributed by atoms with Gasteiger partial charge in [0, 0.05) is 18.3 Å². The number of carbonyl (C=O) groups is 1. The molecule has 0 aliphatic heterocycles. The van der Waals surface area contributed by atoms with Gasteiger partial charge in [-0.25, -0.2) is 13.4 Å². The Bertz CT molecular complexity index is 1380. The third-order valence-corrected chi connectivity index (χ3v) is 7.60. The molecule has 0 spiro atoms. The summed E-state index contributed by atoms with van der Waals surface area (Å²) in [6.07, 6.45) is 0. The smallest absolute Gasteiger partial charge is 0.262 e. The lowest BCUT2D eigenvalue weighted by Gasteiger charge is -2.17. The van der Waals surface area contributed by atoms with E-state index in [-0.39, 0.29) is 10.8 Å². The topological polar surface area (TPSA) is 79.4 Å². The fourth-order valence-electron chi connectivity index (χ4n) is 3.42. The van der Waals surface area contributed by atoms with E-state index in [9.17, 15) is 13.2 Å². The van der Waals surface area contributed by atoms with Gasteiger partial charge in [0.1, 0.15) is 5.01 Å². The molecule has 0 saturated heterocycles. The van der Waals surface area contributed by atoms with Crippen molar-refractivity contribution in [2.45, 2.75) is 25.3 Å². The fraction of sp³-hybridized carbons (Fsp3) is 0.167. The number of nitrogens with zero attached hydrogens (tertiary/aromatic N) is 2. The van der Waals surface area contributed by atoms with Crippen LogP contribution in [0.1, 0.15) is 26.5 Å². The molecule has 0 radical (unpaired) electrons. The minimum absolute atomic E-state index is 0.0817. The zero-order chi connectivity index (χ0) is 22.9. The van der Waals surface area contributed by atoms with Gasteiger partial charge in [-0.1, -0.05) is 30.3 Å². The second-order valence-electron chi connectivity index (χ2n) is 7.69. The molecule has 8 heteroatoms. The number of aryl methyl sites for hydroxylation is 2. The summed E-state index contributed by atoms with van der Waals surface area (Å²) in [6, 6.07) is 19.7. The number of thiazole rings is 1. The summed E-state index contributed by atoms with van der Waals surface area (Å²) >= 11 is 1.54. The number of hydrogen-bond acceptors (Lipinski definition) is 5. The number of rotatable bonds is 6. The number of benzene rings is 3. The highest BCUT2D eigenvalue weighted by molar-refractivity contribution is 7.92. The van der Waals surface area contributed by atoms with Gasteiger partial charge in [-0.2, -0.15) is 0 Å². The highest BCUT2D eigenvalue weighted by atomic mass is 32.2. The predicted octanol–water partition coefficient (Wildman–Crippen LogP) is 4.99. The molecule has 4 aromatic rings. The highest BCUT2D eigenvalue weighted by Gasteiger charge is 2.21. The van der Waals surface area contributed by atoms with E-state index in [1.807, 2.05) is 37.3 Å². The van der Waals surface area contributed by atoms with E-state index in [0.29, 0.717) is 23.4 Å². The Balaban J connectivity index is 1.57. The molecule has 0 fully saturated rings. The summed E-state index contributed by atoms with van der Waals surface area (Å²) in [5.74, 6) is -0.267. The summed E-state index contributed by atoms with van der Waals surface area (Å²) < 4.78 is 29.7. The summed E-state index contributed by atoms with van der Waals surface area (Å²) in [6.45, 7) is 3.95. The maximum atomic E-state index is 13.0. The minimum Gasteiger partial charge on any atom is -0.335 e. The van der Waals surface area contributed by atoms with Crippen molar-refractivity contribution in [2.24, 2.45) is 0 Å². The van der Waals surface area contributed by atoms with E-state index < -0.39 is 10.0 Å². The molecule has 0 saturated carbocycles. The van der Waals surface area contributed by atoms with E-state index in [1.165, 1.54) is 17.4 Å². The molecule has 4 rings (SSSR count). The molecular formula is C24H23N3O3S2. The molecule has 0 atom stereocenters. The molecule has 0 aliphatic carbocycles. The van der Waals surface area contributed by atoms with Gasteiger partial charge in [0.05, 0.1) is 21.7 Å². The average molecular weight is 466 g/mol. The fourth-order valence-corrected chi connectivity index (χ4v) is 5.77. The highest BCUT2D eigenvalue weighted by Crippen LogP contribution is 2.24. The Hall–Kier alpha value is -3.23. The number of nitrogens with one attached hydrogen (secondary N) is 1. The lowest BCUT2D eigenvalue weighted by atomic mass is 10.1. The first-order valence-electron chi connectivity index (χ1n) is 10.0. The van der Waals surface area contributed by atoms with Gasteiger partial charge < -0.3 is 4.90 Å². The normalized spacial score (nSPS) is 11.5. The van der Waals surface area contributed by atoms with Crippen LogP contribution in [0.2, 0.25) is 0 Å². The quantitative estimate of drug-likeness (QED) is 0.435. The molecule has 0 aliphatic rings. The number of para-hydroxylation sites is 1. The first-order chi connectivity index (χ1) is 15.2. The van der Waals surface area contributed by atoms with Crippen molar-refractivity contribution in [3.8, 4) is 0 Å². The first-order valence-corrected chi connectivity index (χ1v) is 12.3. The Morgan fingerprint density at radius 2 is 1.81 bits per heavy atom. The number of carbonyl (C=O) groups excluding carboxylic acids is 1. The Labute approximate surface area is 191 Å². The molecular weight excluding hydrogens is 442 g/mol. The summed E-state index contributed by atoms with van der Waals surface area (Å²) in [5, 5.41) is 0.822. The van der Waals surface area contributed by atoms with Gasteiger partial charge in [-0.3, -0.25) is 9.52 Å². The number of hydrogen-bond donors (Lipinski definition) is 1. The minimum atomic E-state index is -3.85. The summed E-state index contributed by atoms with van der Waals surface area (Å²) in [7, 11) is -2.16. The first kappa shape index (κ1) is 22.0. The van der Waals surface area contributed by atoms with Gasteiger partial charge >= 0.3 is 0 Å². The van der Waals surface area contributed by atoms with Crippen LogP contribution in [0.4, 0.5) is 5.69 Å². The van der Waals surface area contributed by atoms with Gasteiger partial charge in [0.25, 0.3) is 15.9 Å². The van der Waals surface area contributed by atoms with Crippen LogP contribution < -0.4 is 4.72 Å². The molecule has 164 valence electrons. The van der Waals surface area contributed by atoms with Crippen LogP contribution in [0.3, 0.4) is 0 Å². The zero-order valence-electron chi connectivity index (χ0n) is 18.0. The van der Waals surface area contributed by atoms with Crippen molar-refractivity contribution in [3.63, 3.8) is 0 Å². The average Bonchev–Trinajstić information content (AvgIpc) is 3.15. The van der Waals surface area contributed by atoms with E-state index in [2.05, 4.69) is 9.71 Å². The number of fused-ring (bicyclic) bond motifs is 1. The second-order valence-corrected chi connectivity index (χ2v) is 10.5. The monoisotopic (exact) mass is 465 g/mol. The zero-order valence-corrected chi connectivity index (χ0v) is 19.6. The summed E-state index contributed by atoms with van der Waals surface area (Å²) in [4.78, 5) is 19.2. The van der Waals surface area contributed by atoms with Gasteiger partial charge in [0.15, 0.2) is 0 Å². The van der Waals surface area contributed by atoms with Crippen molar-refractivity contribution in [1.82, 2.24) is 9.88 Å². The van der Waals surface area contributed by atoms with Gasteiger partial charge in [-0.05, 0) is 61.4 Å². The second kappa shape index (κ2) is 8.72. The number of anilines is 1. The van der Waals surface area contributed by atoms with E-state index >= 15 is 0 Å². The van der Waals surface area contributed by atoms with Crippen LogP contribution >= 0.6 is 11.3 Å². The van der Waals surface area contributed by atoms with Crippen LogP contribution in [0.15, 0.2) is 71.6 Å². The molecule has 1 N–H and O–H groups in total. The van der Waals surface area contributed by atoms with Gasteiger partial charge in [-0.15, -0.1) is 11.3 Å². The predicted molar refractivity (Wildman–Crippen MR) is 129 cm³/mol. The van der Waals surface area contributed by atoms with Crippen LogP contribution in [-0.4, -0.2) is 31.3 Å². The van der Waals surface area contributed by atoms with E-state index in [4.69, 9.17) is 0 Å². The molecule has 1 amide bonds. The van der Waals surface area contributed by atoms with Crippen LogP contribution in [0, 0.1) is 13.8 Å². The van der Waals surface area contributed by atoms with Crippen LogP contribution in [0.25, 0.3) is 10.2 Å². The van der Waals surface area contributed by atoms with E-state index in [1.54, 1.807) is 49.2 Å². The van der Waals surface area contributed by atoms with Crippen molar-refractivity contribution in [2.75, 3.05) is 11.8 Å². The Kier molecular flexibility index (Phi) is 5.99. The van der Waals surface area contributed by atoms with Gasteiger partial charge in [0.2, 0.25) is 0 Å². The molecule has 1 aromatic heterocycles. The van der Waals surface area contributed by atoms with E-state index in [0.717, 1.165) is 20.8 Å². The third-order valence-electron chi connectivity index (χ3n) is 5.05. The Morgan fingerprint density at radius 3 is 2.56 bits per heavy atom. The number of amides is 1. The standard InChI is InChI=1S/C24H23N3O3S2/c1-16-7-6-8-19(13-16)26-32(29,30)22-14-18(12-11-17(22)2)24(28)27(3)15-23-25-20-9-4-5-10-21(20)31-23/h4-14,26H,15H2,1-3H3. The molecule has 1 heterocycles. The van der Waals surface area contributed by atoms with Crippen molar-refractivity contribution < 1.29 is 13.2 Å². The maximum Gasteiger partial charge on any atom is 0.262 e. The summed E-state index contributed by atoms with van der Waals surface area (Å²) in [5.41, 5.74) is 3.20. The van der Waals surface area contributed by atoms with Crippen molar-refractivity contribution in [3.05, 3.63) is 88.4 Å². The van der Waals surface area contributed by atoms with Crippen LogP contribution in [0.5, 0.6) is 0 Å². The molecule has 0 unspecified atom stereocenters. The van der Waals surface area contributed by atoms with Crippen molar-refractivity contribution in [1.29, 1.82) is 0 Å². The Morgan fingerprint density at radius 1 is 1.03 bits per heavy atom. The largest absolute Gasteiger partial charge is 0.335 e. The van der Waals surface area contributed by atoms with Crippen LogP contribution in [-0.2, 0) is 16.6 Å². The molecule has 32 heavy (non-hydrogen) atoms.